The first-order valence-electron chi connectivity index (χ1n) is 6.51. The number of H-pyrrole nitrogens is 1. The number of aromatic amines is 1. The molecule has 0 spiro atoms. The van der Waals surface area contributed by atoms with E-state index in [1.807, 2.05) is 31.2 Å². The molecule has 0 bridgehead atoms. The lowest BCUT2D eigenvalue weighted by molar-refractivity contribution is -0.115. The van der Waals surface area contributed by atoms with Gasteiger partial charge in [0.05, 0.1) is 17.6 Å². The number of benzene rings is 1. The highest BCUT2D eigenvalue weighted by Crippen LogP contribution is 2.18. The molecular formula is C14H13N5O2S. The quantitative estimate of drug-likeness (QED) is 0.551. The highest BCUT2D eigenvalue weighted by molar-refractivity contribution is 7.99. The zero-order chi connectivity index (χ0) is 15.7. The fourth-order valence-corrected chi connectivity index (χ4v) is 2.65. The summed E-state index contributed by atoms with van der Waals surface area (Å²) in [7, 11) is 0. The van der Waals surface area contributed by atoms with E-state index in [9.17, 15) is 9.59 Å². The third-order valence-electron chi connectivity index (χ3n) is 3.01. The molecule has 3 N–H and O–H groups in total. The van der Waals surface area contributed by atoms with Crippen LogP contribution in [0.1, 0.15) is 5.56 Å². The molecule has 7 nitrogen and oxygen atoms in total. The van der Waals surface area contributed by atoms with Gasteiger partial charge in [0.25, 0.3) is 5.56 Å². The van der Waals surface area contributed by atoms with Crippen molar-refractivity contribution in [2.75, 3.05) is 5.75 Å². The SMILES string of the molecule is Cc1cccc(-n2ncc3c(=O)[nH]c(SCC(N)=O)nc32)c1. The molecule has 0 saturated carbocycles. The summed E-state index contributed by atoms with van der Waals surface area (Å²) in [6.07, 6.45) is 1.48. The van der Waals surface area contributed by atoms with Gasteiger partial charge in [-0.15, -0.1) is 0 Å². The third kappa shape index (κ3) is 2.73. The molecule has 0 saturated heterocycles. The first-order chi connectivity index (χ1) is 10.5. The number of nitrogens with zero attached hydrogens (tertiary/aromatic N) is 3. The Morgan fingerprint density at radius 3 is 3.00 bits per heavy atom. The number of aryl methyl sites for hydroxylation is 1. The lowest BCUT2D eigenvalue weighted by Crippen LogP contribution is -2.15. The number of carbonyl (C=O) groups is 1. The molecule has 1 aromatic carbocycles. The number of aromatic nitrogens is 4. The van der Waals surface area contributed by atoms with Crippen molar-refractivity contribution in [2.45, 2.75) is 12.1 Å². The highest BCUT2D eigenvalue weighted by Gasteiger charge is 2.12. The van der Waals surface area contributed by atoms with Gasteiger partial charge in [0, 0.05) is 0 Å². The molecule has 0 atom stereocenters. The van der Waals surface area contributed by atoms with Gasteiger partial charge in [-0.1, -0.05) is 23.9 Å². The van der Waals surface area contributed by atoms with E-state index in [1.165, 1.54) is 6.20 Å². The second kappa shape index (κ2) is 5.64. The van der Waals surface area contributed by atoms with E-state index in [0.717, 1.165) is 23.0 Å². The third-order valence-corrected chi connectivity index (χ3v) is 3.91. The van der Waals surface area contributed by atoms with Gasteiger partial charge in [0.1, 0.15) is 5.39 Å². The maximum absolute atomic E-state index is 12.1. The molecule has 8 heteroatoms. The normalized spacial score (nSPS) is 11.0. The van der Waals surface area contributed by atoms with Crippen molar-refractivity contribution in [3.8, 4) is 5.69 Å². The van der Waals surface area contributed by atoms with Gasteiger partial charge in [-0.3, -0.25) is 9.59 Å². The standard InChI is InChI=1S/C14H13N5O2S/c1-8-3-2-4-9(5-8)19-12-10(6-16-19)13(21)18-14(17-12)22-7-11(15)20/h2-6H,7H2,1H3,(H2,15,20)(H,17,18,21). The van der Waals surface area contributed by atoms with Crippen molar-refractivity contribution in [3.63, 3.8) is 0 Å². The molecule has 3 rings (SSSR count). The van der Waals surface area contributed by atoms with Crippen molar-refractivity contribution in [2.24, 2.45) is 5.73 Å². The number of hydrogen-bond donors (Lipinski definition) is 2. The predicted octanol–water partition coefficient (Wildman–Crippen LogP) is 0.995. The van der Waals surface area contributed by atoms with Crippen LogP contribution in [0, 0.1) is 6.92 Å². The molecule has 2 heterocycles. The van der Waals surface area contributed by atoms with Gasteiger partial charge < -0.3 is 10.7 Å². The molecule has 22 heavy (non-hydrogen) atoms. The zero-order valence-corrected chi connectivity index (χ0v) is 12.6. The van der Waals surface area contributed by atoms with Crippen molar-refractivity contribution in [1.29, 1.82) is 0 Å². The van der Waals surface area contributed by atoms with Gasteiger partial charge in [0.2, 0.25) is 5.91 Å². The number of hydrogen-bond acceptors (Lipinski definition) is 5. The second-order valence-corrected chi connectivity index (χ2v) is 5.72. The Morgan fingerprint density at radius 2 is 2.27 bits per heavy atom. The number of rotatable bonds is 4. The first kappa shape index (κ1) is 14.3. The molecule has 0 fully saturated rings. The summed E-state index contributed by atoms with van der Waals surface area (Å²) in [6.45, 7) is 1.98. The number of primary amides is 1. The number of nitrogens with one attached hydrogen (secondary N) is 1. The molecule has 0 unspecified atom stereocenters. The Kier molecular flexibility index (Phi) is 3.68. The Balaban J connectivity index is 2.12. The van der Waals surface area contributed by atoms with E-state index >= 15 is 0 Å². The van der Waals surface area contributed by atoms with Crippen LogP contribution in [0.4, 0.5) is 0 Å². The van der Waals surface area contributed by atoms with Crippen LogP contribution >= 0.6 is 11.8 Å². The van der Waals surface area contributed by atoms with Crippen LogP contribution < -0.4 is 11.3 Å². The number of carbonyl (C=O) groups excluding carboxylic acids is 1. The fraction of sp³-hybridized carbons (Fsp3) is 0.143. The van der Waals surface area contributed by atoms with E-state index in [0.29, 0.717) is 16.2 Å². The smallest absolute Gasteiger partial charge is 0.262 e. The molecule has 3 aromatic rings. The highest BCUT2D eigenvalue weighted by atomic mass is 32.2. The second-order valence-electron chi connectivity index (χ2n) is 4.76. The molecular weight excluding hydrogens is 302 g/mol. The van der Waals surface area contributed by atoms with Crippen molar-refractivity contribution in [3.05, 3.63) is 46.4 Å². The number of thioether (sulfide) groups is 1. The summed E-state index contributed by atoms with van der Waals surface area (Å²) in [5.41, 5.74) is 7.16. The number of amides is 1. The first-order valence-corrected chi connectivity index (χ1v) is 7.49. The van der Waals surface area contributed by atoms with Gasteiger partial charge in [0.15, 0.2) is 10.8 Å². The Morgan fingerprint density at radius 1 is 1.45 bits per heavy atom. The Bertz CT molecular complexity index is 915. The van der Waals surface area contributed by atoms with E-state index in [1.54, 1.807) is 4.68 Å². The van der Waals surface area contributed by atoms with Crippen LogP contribution in [-0.2, 0) is 4.79 Å². The van der Waals surface area contributed by atoms with Crippen molar-refractivity contribution in [1.82, 2.24) is 19.7 Å². The minimum atomic E-state index is -0.472. The van der Waals surface area contributed by atoms with Crippen LogP contribution in [0.2, 0.25) is 0 Å². The maximum Gasteiger partial charge on any atom is 0.262 e. The average Bonchev–Trinajstić information content (AvgIpc) is 2.89. The van der Waals surface area contributed by atoms with E-state index in [4.69, 9.17) is 5.73 Å². The lowest BCUT2D eigenvalue weighted by atomic mass is 10.2. The summed E-state index contributed by atoms with van der Waals surface area (Å²) in [5, 5.41) is 4.97. The van der Waals surface area contributed by atoms with Gasteiger partial charge >= 0.3 is 0 Å². The van der Waals surface area contributed by atoms with E-state index in [2.05, 4.69) is 15.1 Å². The summed E-state index contributed by atoms with van der Waals surface area (Å²) in [6, 6.07) is 7.72. The predicted molar refractivity (Wildman–Crippen MR) is 84.1 cm³/mol. The number of nitrogens with two attached hydrogens (primary N) is 1. The van der Waals surface area contributed by atoms with E-state index < -0.39 is 5.91 Å². The molecule has 112 valence electrons. The van der Waals surface area contributed by atoms with Crippen molar-refractivity contribution >= 4 is 28.7 Å². The van der Waals surface area contributed by atoms with Gasteiger partial charge in [-0.2, -0.15) is 5.10 Å². The minimum Gasteiger partial charge on any atom is -0.369 e. The van der Waals surface area contributed by atoms with Gasteiger partial charge in [-0.05, 0) is 24.6 Å². The summed E-state index contributed by atoms with van der Waals surface area (Å²) in [5.74, 6) is -0.424. The Hall–Kier alpha value is -2.61. The van der Waals surface area contributed by atoms with Crippen LogP contribution in [0.15, 0.2) is 40.4 Å². The van der Waals surface area contributed by atoms with Crippen molar-refractivity contribution < 1.29 is 4.79 Å². The average molecular weight is 315 g/mol. The monoisotopic (exact) mass is 315 g/mol. The van der Waals surface area contributed by atoms with Crippen LogP contribution in [0.25, 0.3) is 16.7 Å². The molecule has 2 aromatic heterocycles. The molecule has 0 aliphatic heterocycles. The lowest BCUT2D eigenvalue weighted by Gasteiger charge is -2.05. The maximum atomic E-state index is 12.1. The minimum absolute atomic E-state index is 0.0486. The summed E-state index contributed by atoms with van der Waals surface area (Å²) < 4.78 is 1.60. The molecule has 0 aliphatic rings. The Labute approximate surface area is 129 Å². The van der Waals surface area contributed by atoms with Gasteiger partial charge in [-0.25, -0.2) is 9.67 Å². The van der Waals surface area contributed by atoms with Crippen LogP contribution in [-0.4, -0.2) is 31.4 Å². The molecule has 0 radical (unpaired) electrons. The van der Waals surface area contributed by atoms with Crippen LogP contribution in [0.3, 0.4) is 0 Å². The van der Waals surface area contributed by atoms with Crippen LogP contribution in [0.5, 0.6) is 0 Å². The fourth-order valence-electron chi connectivity index (χ4n) is 2.05. The zero-order valence-electron chi connectivity index (χ0n) is 11.7. The number of fused-ring (bicyclic) bond motifs is 1. The molecule has 1 amide bonds. The summed E-state index contributed by atoms with van der Waals surface area (Å²) in [4.78, 5) is 29.9. The van der Waals surface area contributed by atoms with E-state index in [-0.39, 0.29) is 11.3 Å². The summed E-state index contributed by atoms with van der Waals surface area (Å²) >= 11 is 1.09. The molecule has 0 aliphatic carbocycles. The largest absolute Gasteiger partial charge is 0.369 e. The topological polar surface area (TPSA) is 107 Å².